The normalized spacial score (nSPS) is 15.0. The van der Waals surface area contributed by atoms with E-state index in [-0.39, 0.29) is 12.5 Å². The first-order valence-electron chi connectivity index (χ1n) is 8.95. The molecule has 1 aliphatic heterocycles. The lowest BCUT2D eigenvalue weighted by atomic mass is 10.2. The first kappa shape index (κ1) is 21.0. The van der Waals surface area contributed by atoms with Crippen LogP contribution in [0.4, 0.5) is 8.78 Å². The number of hydrogen-bond acceptors (Lipinski definition) is 6. The van der Waals surface area contributed by atoms with Gasteiger partial charge in [-0.05, 0) is 17.5 Å². The fourth-order valence-electron chi connectivity index (χ4n) is 2.81. The van der Waals surface area contributed by atoms with Crippen LogP contribution in [-0.4, -0.2) is 56.0 Å². The molecule has 1 aromatic carbocycles. The van der Waals surface area contributed by atoms with Gasteiger partial charge in [0.2, 0.25) is 0 Å². The summed E-state index contributed by atoms with van der Waals surface area (Å²) in [6, 6.07) is 9.04. The highest BCUT2D eigenvalue weighted by Gasteiger charge is 2.17. The lowest BCUT2D eigenvalue weighted by Crippen LogP contribution is -2.38. The minimum Gasteiger partial charge on any atom is -0.492 e. The Labute approximate surface area is 171 Å². The van der Waals surface area contributed by atoms with Gasteiger partial charge in [-0.1, -0.05) is 30.0 Å². The summed E-state index contributed by atoms with van der Waals surface area (Å²) in [5.41, 5.74) is 0.845. The average molecular weight is 429 g/mol. The molecule has 0 spiro atoms. The van der Waals surface area contributed by atoms with E-state index in [0.717, 1.165) is 49.7 Å². The summed E-state index contributed by atoms with van der Waals surface area (Å²) in [5, 5.41) is 4.44. The third kappa shape index (κ3) is 6.16. The standard InChI is InChI=1S/C19H22F2N2O3S2/c20-19(21)28-16-5-12-27-17(16)18(24)22-13-14-3-1-2-4-15(14)26-11-8-23-6-9-25-10-7-23/h1-5,12,19H,6-11,13H2,(H,22,24). The SMILES string of the molecule is O=C(NCc1ccccc1OCCN1CCOCC1)c1sccc1SC(F)F. The number of morpholine rings is 1. The maximum atomic E-state index is 12.6. The van der Waals surface area contributed by atoms with Gasteiger partial charge >= 0.3 is 0 Å². The van der Waals surface area contributed by atoms with Crippen molar-refractivity contribution in [2.24, 2.45) is 0 Å². The van der Waals surface area contributed by atoms with Crippen LogP contribution >= 0.6 is 23.1 Å². The van der Waals surface area contributed by atoms with Crippen molar-refractivity contribution in [1.29, 1.82) is 0 Å². The number of halogens is 2. The third-order valence-corrected chi connectivity index (χ3v) is 6.05. The van der Waals surface area contributed by atoms with Crippen LogP contribution in [0.2, 0.25) is 0 Å². The third-order valence-electron chi connectivity index (χ3n) is 4.23. The summed E-state index contributed by atoms with van der Waals surface area (Å²) < 4.78 is 36.5. The molecule has 1 amide bonds. The van der Waals surface area contributed by atoms with Gasteiger partial charge in [-0.2, -0.15) is 8.78 Å². The Balaban J connectivity index is 1.53. The summed E-state index contributed by atoms with van der Waals surface area (Å²) in [6.07, 6.45) is 0. The van der Waals surface area contributed by atoms with Crippen LogP contribution in [0.1, 0.15) is 15.2 Å². The number of nitrogens with zero attached hydrogens (tertiary/aromatic N) is 1. The molecule has 1 N–H and O–H groups in total. The van der Waals surface area contributed by atoms with E-state index in [1.807, 2.05) is 24.3 Å². The largest absolute Gasteiger partial charge is 0.492 e. The monoisotopic (exact) mass is 428 g/mol. The van der Waals surface area contributed by atoms with Gasteiger partial charge in [-0.25, -0.2) is 0 Å². The number of thioether (sulfide) groups is 1. The highest BCUT2D eigenvalue weighted by molar-refractivity contribution is 7.99. The molecule has 0 saturated carbocycles. The first-order valence-corrected chi connectivity index (χ1v) is 10.7. The molecule has 28 heavy (non-hydrogen) atoms. The zero-order chi connectivity index (χ0) is 19.8. The smallest absolute Gasteiger partial charge is 0.288 e. The van der Waals surface area contributed by atoms with Crippen LogP contribution in [0.15, 0.2) is 40.6 Å². The van der Waals surface area contributed by atoms with Gasteiger partial charge < -0.3 is 14.8 Å². The van der Waals surface area contributed by atoms with Gasteiger partial charge in [-0.15, -0.1) is 11.3 Å². The van der Waals surface area contributed by atoms with E-state index in [0.29, 0.717) is 33.9 Å². The number of ether oxygens (including phenoxy) is 2. The van der Waals surface area contributed by atoms with Crippen LogP contribution < -0.4 is 10.1 Å². The number of rotatable bonds is 9. The number of para-hydroxylation sites is 1. The second-order valence-electron chi connectivity index (χ2n) is 6.09. The molecule has 3 rings (SSSR count). The van der Waals surface area contributed by atoms with Crippen molar-refractivity contribution in [3.8, 4) is 5.75 Å². The lowest BCUT2D eigenvalue weighted by Gasteiger charge is -2.26. The molecule has 1 aliphatic rings. The van der Waals surface area contributed by atoms with E-state index >= 15 is 0 Å². The molecule has 1 fully saturated rings. The molecular formula is C19H22F2N2O3S2. The molecule has 0 bridgehead atoms. The number of amides is 1. The quantitative estimate of drug-likeness (QED) is 0.617. The summed E-state index contributed by atoms with van der Waals surface area (Å²) in [4.78, 5) is 15.3. The Morgan fingerprint density at radius 1 is 1.29 bits per heavy atom. The van der Waals surface area contributed by atoms with Crippen molar-refractivity contribution < 1.29 is 23.0 Å². The van der Waals surface area contributed by atoms with Crippen molar-refractivity contribution in [2.45, 2.75) is 17.2 Å². The van der Waals surface area contributed by atoms with E-state index in [4.69, 9.17) is 9.47 Å². The zero-order valence-electron chi connectivity index (χ0n) is 15.2. The summed E-state index contributed by atoms with van der Waals surface area (Å²) in [7, 11) is 0. The summed E-state index contributed by atoms with van der Waals surface area (Å²) in [5.74, 6) is -2.20. The average Bonchev–Trinajstić information content (AvgIpc) is 3.15. The van der Waals surface area contributed by atoms with E-state index in [1.54, 1.807) is 11.4 Å². The Bertz CT molecular complexity index is 767. The lowest BCUT2D eigenvalue weighted by molar-refractivity contribution is 0.0322. The zero-order valence-corrected chi connectivity index (χ0v) is 16.9. The first-order chi connectivity index (χ1) is 13.6. The Morgan fingerprint density at radius 3 is 2.86 bits per heavy atom. The molecular weight excluding hydrogens is 406 g/mol. The maximum absolute atomic E-state index is 12.6. The van der Waals surface area contributed by atoms with Crippen LogP contribution in [0.25, 0.3) is 0 Å². The van der Waals surface area contributed by atoms with E-state index in [1.165, 1.54) is 0 Å². The van der Waals surface area contributed by atoms with E-state index in [9.17, 15) is 13.6 Å². The molecule has 1 saturated heterocycles. The minimum absolute atomic E-state index is 0.267. The highest BCUT2D eigenvalue weighted by Crippen LogP contribution is 2.32. The molecule has 0 aliphatic carbocycles. The van der Waals surface area contributed by atoms with Crippen molar-refractivity contribution in [3.63, 3.8) is 0 Å². The maximum Gasteiger partial charge on any atom is 0.288 e. The number of alkyl halides is 2. The number of benzene rings is 1. The van der Waals surface area contributed by atoms with Gasteiger partial charge in [0.05, 0.1) is 13.2 Å². The van der Waals surface area contributed by atoms with Gasteiger partial charge in [-0.3, -0.25) is 9.69 Å². The molecule has 0 atom stereocenters. The van der Waals surface area contributed by atoms with Gasteiger partial charge in [0.1, 0.15) is 17.2 Å². The molecule has 2 heterocycles. The Hall–Kier alpha value is -1.68. The number of hydrogen-bond donors (Lipinski definition) is 1. The fourth-order valence-corrected chi connectivity index (χ4v) is 4.42. The highest BCUT2D eigenvalue weighted by atomic mass is 32.2. The van der Waals surface area contributed by atoms with Gasteiger partial charge in [0, 0.05) is 36.6 Å². The predicted octanol–water partition coefficient (Wildman–Crippen LogP) is 3.70. The molecule has 0 unspecified atom stereocenters. The summed E-state index contributed by atoms with van der Waals surface area (Å²) >= 11 is 1.54. The van der Waals surface area contributed by atoms with Crippen molar-refractivity contribution >= 4 is 29.0 Å². The van der Waals surface area contributed by atoms with E-state index < -0.39 is 5.76 Å². The van der Waals surface area contributed by atoms with Crippen LogP contribution in [0, 0.1) is 0 Å². The number of carbonyl (C=O) groups is 1. The van der Waals surface area contributed by atoms with E-state index in [2.05, 4.69) is 10.2 Å². The van der Waals surface area contributed by atoms with Crippen LogP contribution in [0.5, 0.6) is 5.75 Å². The molecule has 152 valence electrons. The topological polar surface area (TPSA) is 50.8 Å². The Morgan fingerprint density at radius 2 is 2.07 bits per heavy atom. The Kier molecular flexibility index (Phi) is 8.08. The van der Waals surface area contributed by atoms with Crippen molar-refractivity contribution in [1.82, 2.24) is 10.2 Å². The minimum atomic E-state index is -2.55. The number of thiophene rings is 1. The van der Waals surface area contributed by atoms with Gasteiger partial charge in [0.15, 0.2) is 0 Å². The number of nitrogens with one attached hydrogen (secondary N) is 1. The van der Waals surface area contributed by atoms with Crippen LogP contribution in [0.3, 0.4) is 0 Å². The second-order valence-corrected chi connectivity index (χ2v) is 8.03. The number of carbonyl (C=O) groups excluding carboxylic acids is 1. The molecule has 9 heteroatoms. The van der Waals surface area contributed by atoms with Crippen molar-refractivity contribution in [2.75, 3.05) is 39.5 Å². The van der Waals surface area contributed by atoms with Crippen molar-refractivity contribution in [3.05, 3.63) is 46.2 Å². The summed E-state index contributed by atoms with van der Waals surface area (Å²) in [6.45, 7) is 4.93. The second kappa shape index (κ2) is 10.8. The fraction of sp³-hybridized carbons (Fsp3) is 0.421. The molecule has 0 radical (unpaired) electrons. The predicted molar refractivity (Wildman–Crippen MR) is 107 cm³/mol. The molecule has 5 nitrogen and oxygen atoms in total. The van der Waals surface area contributed by atoms with Crippen LogP contribution in [-0.2, 0) is 11.3 Å². The molecule has 2 aromatic rings. The van der Waals surface area contributed by atoms with Gasteiger partial charge in [0.25, 0.3) is 11.7 Å². The molecule has 1 aromatic heterocycles.